The summed E-state index contributed by atoms with van der Waals surface area (Å²) in [5, 5.41) is 4.92. The highest BCUT2D eigenvalue weighted by molar-refractivity contribution is 7.00. The number of para-hydroxylation sites is 6. The van der Waals surface area contributed by atoms with Gasteiger partial charge in [-0.1, -0.05) is 249 Å². The second-order valence-electron chi connectivity index (χ2n) is 23.5. The van der Waals surface area contributed by atoms with E-state index in [1.54, 1.807) is 0 Å². The van der Waals surface area contributed by atoms with Gasteiger partial charge in [0.1, 0.15) is 0 Å². The summed E-state index contributed by atoms with van der Waals surface area (Å²) in [7, 11) is 0. The van der Waals surface area contributed by atoms with E-state index in [2.05, 4.69) is 353 Å². The molecule has 14 aromatic carbocycles. The molecule has 0 radical (unpaired) electrons. The summed E-state index contributed by atoms with van der Waals surface area (Å²) in [6.07, 6.45) is 0. The third-order valence-electron chi connectivity index (χ3n) is 18.7. The average Bonchev–Trinajstić information content (AvgIpc) is 1.31. The van der Waals surface area contributed by atoms with Crippen LogP contribution in [-0.2, 0) is 0 Å². The normalized spacial score (nSPS) is 12.4. The topological polar surface area (TPSA) is 16.3 Å². The van der Waals surface area contributed by atoms with Crippen molar-refractivity contribution in [1.82, 2.24) is 9.13 Å². The van der Waals surface area contributed by atoms with Crippen LogP contribution in [0.1, 0.15) is 0 Å². The summed E-state index contributed by atoms with van der Waals surface area (Å²) in [5.74, 6) is 0. The van der Waals surface area contributed by atoms with Gasteiger partial charge in [-0.05, 0) is 146 Å². The second kappa shape index (κ2) is 20.5. The average molecular weight is 1130 g/mol. The maximum absolute atomic E-state index is 2.60. The van der Waals surface area contributed by atoms with Crippen LogP contribution in [0.15, 0.2) is 334 Å². The molecule has 4 heterocycles. The first-order valence-electron chi connectivity index (χ1n) is 30.8. The van der Waals surface area contributed by atoms with Crippen LogP contribution in [0.2, 0.25) is 0 Å². The van der Waals surface area contributed by atoms with Gasteiger partial charge in [0.05, 0.1) is 33.4 Å². The van der Waals surface area contributed by atoms with Gasteiger partial charge >= 0.3 is 0 Å². The van der Waals surface area contributed by atoms with Crippen LogP contribution in [0.4, 0.5) is 34.1 Å². The lowest BCUT2D eigenvalue weighted by molar-refractivity contribution is 1.18. The molecule has 0 N–H and O–H groups in total. The highest BCUT2D eigenvalue weighted by atomic mass is 15.2. The molecule has 0 amide bonds. The molecule has 2 aliphatic rings. The fourth-order valence-electron chi connectivity index (χ4n) is 14.9. The Balaban J connectivity index is 0.968. The van der Waals surface area contributed by atoms with E-state index >= 15 is 0 Å². The summed E-state index contributed by atoms with van der Waals surface area (Å²) >= 11 is 0. The molecule has 0 saturated heterocycles. The third-order valence-corrected chi connectivity index (χ3v) is 18.7. The number of hydrogen-bond donors (Lipinski definition) is 0. The molecule has 0 spiro atoms. The molecule has 0 unspecified atom stereocenters. The summed E-state index contributed by atoms with van der Waals surface area (Å²) < 4.78 is 4.86. The molecule has 2 aliphatic heterocycles. The lowest BCUT2D eigenvalue weighted by Crippen LogP contribution is -2.61. The van der Waals surface area contributed by atoms with Crippen molar-refractivity contribution in [3.8, 4) is 67.0 Å². The third kappa shape index (κ3) is 7.95. The second-order valence-corrected chi connectivity index (χ2v) is 23.5. The highest BCUT2D eigenvalue weighted by Gasteiger charge is 2.45. The van der Waals surface area contributed by atoms with E-state index < -0.39 is 0 Å². The van der Waals surface area contributed by atoms with Gasteiger partial charge in [-0.25, -0.2) is 0 Å². The van der Waals surface area contributed by atoms with Crippen molar-refractivity contribution in [2.24, 2.45) is 0 Å². The quantitative estimate of drug-likeness (QED) is 0.134. The van der Waals surface area contributed by atoms with Gasteiger partial charge in [-0.3, -0.25) is 0 Å². The molecule has 0 aliphatic carbocycles. The minimum Gasteiger partial charge on any atom is -0.311 e. The highest BCUT2D eigenvalue weighted by Crippen LogP contribution is 2.51. The summed E-state index contributed by atoms with van der Waals surface area (Å²) in [6.45, 7) is -0.218. The standard InChI is InChI=1S/C84H55BN4/c1-6-26-56(27-7-1)61-54-80-84-81(55-61)89(73-43-21-17-37-65(73)58-30-10-3-11-31-58)77-51-49-60(67-41-25-47-79-83(67)69-39-19-23-45-75(69)87(79)63-34-14-5-15-35-63)53-71(77)85(84)70-52-59(48-50-76(70)88(80)72-42-20-16-36-64(72)57-28-8-2-9-29-57)66-40-24-46-78-82(66)68-38-18-22-44-74(68)86(78)62-32-12-4-13-33-62/h1-55H. The number of fused-ring (bicyclic) bond motifs is 10. The largest absolute Gasteiger partial charge is 0.311 e. The summed E-state index contributed by atoms with van der Waals surface area (Å²) in [5.41, 5.74) is 29.2. The summed E-state index contributed by atoms with van der Waals surface area (Å²) in [6, 6.07) is 124. The predicted molar refractivity (Wildman–Crippen MR) is 376 cm³/mol. The molecular formula is C84H55BN4. The molecule has 2 aromatic heterocycles. The van der Waals surface area contributed by atoms with Crippen molar-refractivity contribution in [1.29, 1.82) is 0 Å². The Hall–Kier alpha value is -11.7. The first kappa shape index (κ1) is 50.6. The Morgan fingerprint density at radius 2 is 0.573 bits per heavy atom. The van der Waals surface area contributed by atoms with E-state index in [0.29, 0.717) is 0 Å². The van der Waals surface area contributed by atoms with Gasteiger partial charge in [-0.15, -0.1) is 0 Å². The Morgan fingerprint density at radius 3 is 1.02 bits per heavy atom. The fraction of sp³-hybridized carbons (Fsp3) is 0. The van der Waals surface area contributed by atoms with Crippen LogP contribution in [0.3, 0.4) is 0 Å². The van der Waals surface area contributed by atoms with Crippen LogP contribution < -0.4 is 26.2 Å². The van der Waals surface area contributed by atoms with Crippen molar-refractivity contribution in [2.75, 3.05) is 9.80 Å². The molecule has 18 rings (SSSR count). The number of nitrogens with zero attached hydrogens (tertiary/aromatic N) is 4. The van der Waals surface area contributed by atoms with Crippen LogP contribution in [0, 0.1) is 0 Å². The Labute approximate surface area is 517 Å². The Morgan fingerprint density at radius 1 is 0.213 bits per heavy atom. The Kier molecular flexibility index (Phi) is 11.7. The molecule has 0 atom stereocenters. The van der Waals surface area contributed by atoms with Crippen LogP contribution in [-0.4, -0.2) is 15.8 Å². The molecule has 4 nitrogen and oxygen atoms in total. The van der Waals surface area contributed by atoms with Crippen LogP contribution in [0.5, 0.6) is 0 Å². The molecule has 0 fully saturated rings. The molecule has 89 heavy (non-hydrogen) atoms. The monoisotopic (exact) mass is 1130 g/mol. The first-order valence-corrected chi connectivity index (χ1v) is 30.8. The van der Waals surface area contributed by atoms with Gasteiger partial charge in [0.25, 0.3) is 6.71 Å². The van der Waals surface area contributed by atoms with E-state index in [0.717, 1.165) is 78.9 Å². The maximum Gasteiger partial charge on any atom is 0.252 e. The van der Waals surface area contributed by atoms with E-state index in [-0.39, 0.29) is 6.71 Å². The lowest BCUT2D eigenvalue weighted by atomic mass is 9.33. The van der Waals surface area contributed by atoms with E-state index in [1.807, 2.05) is 0 Å². The van der Waals surface area contributed by atoms with Gasteiger partial charge in [0.2, 0.25) is 0 Å². The number of benzene rings is 14. The van der Waals surface area contributed by atoms with Crippen LogP contribution >= 0.6 is 0 Å². The molecular weight excluding hydrogens is 1080 g/mol. The molecule has 414 valence electrons. The van der Waals surface area contributed by atoms with E-state index in [9.17, 15) is 0 Å². The minimum absolute atomic E-state index is 0.218. The smallest absolute Gasteiger partial charge is 0.252 e. The van der Waals surface area contributed by atoms with Crippen molar-refractivity contribution in [3.05, 3.63) is 334 Å². The number of anilines is 6. The number of rotatable bonds is 9. The zero-order chi connectivity index (χ0) is 58.5. The maximum atomic E-state index is 2.60. The van der Waals surface area contributed by atoms with Gasteiger partial charge in [-0.2, -0.15) is 0 Å². The fourth-order valence-corrected chi connectivity index (χ4v) is 14.9. The first-order chi connectivity index (χ1) is 44.2. The Bertz CT molecular complexity index is 5130. The molecule has 0 saturated carbocycles. The lowest BCUT2D eigenvalue weighted by Gasteiger charge is -2.45. The van der Waals surface area contributed by atoms with Crippen molar-refractivity contribution in [3.63, 3.8) is 0 Å². The molecule has 5 heteroatoms. The van der Waals surface area contributed by atoms with E-state index in [4.69, 9.17) is 0 Å². The van der Waals surface area contributed by atoms with Gasteiger partial charge in [0, 0.05) is 66.8 Å². The van der Waals surface area contributed by atoms with E-state index in [1.165, 1.54) is 82.3 Å². The number of hydrogen-bond acceptors (Lipinski definition) is 2. The SMILES string of the molecule is c1ccc(-c2cc3c4c(c2)N(c2ccccc2-c2ccccc2)c2ccc(-c5cccc6c5c5ccccc5n6-c5ccccc5)cc2B4c2cc(-c4cccc5c4c4ccccc4n5-c4ccccc4)ccc2N3c2ccccc2-c2ccccc2)cc1. The predicted octanol–water partition coefficient (Wildman–Crippen LogP) is 20.3. The number of aromatic nitrogens is 2. The minimum atomic E-state index is -0.218. The van der Waals surface area contributed by atoms with Crippen molar-refractivity contribution >= 4 is 101 Å². The van der Waals surface area contributed by atoms with Crippen LogP contribution in [0.25, 0.3) is 111 Å². The summed E-state index contributed by atoms with van der Waals surface area (Å²) in [4.78, 5) is 5.20. The van der Waals surface area contributed by atoms with Crippen molar-refractivity contribution in [2.45, 2.75) is 0 Å². The zero-order valence-corrected chi connectivity index (χ0v) is 48.6. The molecule has 16 aromatic rings. The zero-order valence-electron chi connectivity index (χ0n) is 48.6. The molecule has 0 bridgehead atoms. The van der Waals surface area contributed by atoms with Crippen molar-refractivity contribution < 1.29 is 0 Å². The van der Waals surface area contributed by atoms with Gasteiger partial charge < -0.3 is 18.9 Å². The van der Waals surface area contributed by atoms with Gasteiger partial charge in [0.15, 0.2) is 0 Å².